The molecule has 0 aliphatic rings. The van der Waals surface area contributed by atoms with Crippen molar-refractivity contribution in [3.05, 3.63) is 52.5 Å². The van der Waals surface area contributed by atoms with Gasteiger partial charge in [-0.15, -0.1) is 0 Å². The molecule has 15 nitrogen and oxygen atoms in total. The first-order chi connectivity index (χ1) is 24.8. The van der Waals surface area contributed by atoms with E-state index in [2.05, 4.69) is 15.1 Å². The molecule has 2 aromatic rings. The second kappa shape index (κ2) is 20.8. The molecule has 1 aromatic carbocycles. The van der Waals surface area contributed by atoms with Crippen molar-refractivity contribution in [2.45, 2.75) is 118 Å². The molecule has 3 atom stereocenters. The molecule has 298 valence electrons. The summed E-state index contributed by atoms with van der Waals surface area (Å²) in [6.45, 7) is 12.6. The van der Waals surface area contributed by atoms with Crippen LogP contribution in [0, 0.1) is 11.3 Å². The first kappa shape index (κ1) is 45.6. The minimum atomic E-state index is -4.07. The lowest BCUT2D eigenvalue weighted by Crippen LogP contribution is -2.60. The maximum atomic E-state index is 14.5. The summed E-state index contributed by atoms with van der Waals surface area (Å²) in [5, 5.41) is 5.99. The number of ether oxygens (including phenoxy) is 1. The zero-order valence-electron chi connectivity index (χ0n) is 32.4. The fourth-order valence-electron chi connectivity index (χ4n) is 5.69. The third-order valence-electron chi connectivity index (χ3n) is 8.84. The Bertz CT molecular complexity index is 1600. The summed E-state index contributed by atoms with van der Waals surface area (Å²) in [7, 11) is -1.78. The quantitative estimate of drug-likeness (QED) is 0.0512. The van der Waals surface area contributed by atoms with E-state index in [0.29, 0.717) is 35.6 Å². The first-order valence-electron chi connectivity index (χ1n) is 17.7. The van der Waals surface area contributed by atoms with Crippen molar-refractivity contribution in [1.29, 1.82) is 0 Å². The standard InChI is InChI=1S/C36H57N4O11PS/c1-10-12-13-14-29(41)40(23-50-52(45,46-8)47-9)28(19-25-15-17-26(18-16-25)48-20-27-21-49-34(44)51-27)31(42)38-30(24(3)11-2)32(43)39-36(6,7)22-35(4,5)33(37)53/h15-18,21,24,28,30H,10-14,19-20,22-23H2,1-9H3,(H2,37,53)(H,38,42)(H,39,43). The molecule has 0 radical (unpaired) electrons. The smallest absolute Gasteiger partial charge is 0.486 e. The monoisotopic (exact) mass is 784 g/mol. The van der Waals surface area contributed by atoms with Crippen LogP contribution in [0.25, 0.3) is 0 Å². The summed E-state index contributed by atoms with van der Waals surface area (Å²) in [6.07, 6.45) is 4.40. The molecule has 53 heavy (non-hydrogen) atoms. The highest BCUT2D eigenvalue weighted by Crippen LogP contribution is 2.47. The molecule has 1 heterocycles. The van der Waals surface area contributed by atoms with Gasteiger partial charge < -0.3 is 34.8 Å². The van der Waals surface area contributed by atoms with Crippen molar-refractivity contribution >= 4 is 42.8 Å². The molecular weight excluding hydrogens is 727 g/mol. The number of amides is 3. The molecule has 3 unspecified atom stereocenters. The van der Waals surface area contributed by atoms with Gasteiger partial charge in [-0.3, -0.25) is 28.0 Å². The van der Waals surface area contributed by atoms with E-state index in [1.807, 2.05) is 48.5 Å². The van der Waals surface area contributed by atoms with Crippen molar-refractivity contribution < 1.29 is 46.1 Å². The van der Waals surface area contributed by atoms with Crippen molar-refractivity contribution in [1.82, 2.24) is 15.5 Å². The Labute approximate surface area is 317 Å². The van der Waals surface area contributed by atoms with E-state index >= 15 is 0 Å². The highest BCUT2D eigenvalue weighted by molar-refractivity contribution is 7.80. The Balaban J connectivity index is 2.50. The van der Waals surface area contributed by atoms with E-state index in [1.165, 1.54) is 4.90 Å². The van der Waals surface area contributed by atoms with Crippen LogP contribution in [-0.2, 0) is 45.5 Å². The lowest BCUT2D eigenvalue weighted by Gasteiger charge is -2.37. The number of hydrogen-bond acceptors (Lipinski definition) is 12. The van der Waals surface area contributed by atoms with Gasteiger partial charge >= 0.3 is 13.6 Å². The molecule has 0 aliphatic carbocycles. The molecule has 0 saturated carbocycles. The van der Waals surface area contributed by atoms with Gasteiger partial charge in [0.15, 0.2) is 5.76 Å². The Kier molecular flexibility index (Phi) is 17.9. The maximum absolute atomic E-state index is 14.5. The van der Waals surface area contributed by atoms with Crippen molar-refractivity contribution in [3.63, 3.8) is 0 Å². The number of benzene rings is 1. The Morgan fingerprint density at radius 1 is 1.04 bits per heavy atom. The number of thiocarbonyl (C=S) groups is 1. The van der Waals surface area contributed by atoms with Gasteiger partial charge in [-0.25, -0.2) is 9.36 Å². The number of phosphoric acid groups is 1. The number of nitrogens with two attached hydrogens (primary N) is 1. The maximum Gasteiger partial charge on any atom is 0.518 e. The summed E-state index contributed by atoms with van der Waals surface area (Å²) in [5.74, 6) is -1.97. The summed E-state index contributed by atoms with van der Waals surface area (Å²) in [4.78, 5) is 54.9. The largest absolute Gasteiger partial charge is 0.518 e. The SMILES string of the molecule is CCCCCC(=O)N(COP(=O)(OC)OC)C(Cc1ccc(OCc2coc(=O)o2)cc1)C(=O)NC(C(=O)NC(C)(C)CC(C)(C)C(N)=S)C(C)CC. The van der Waals surface area contributed by atoms with Crippen molar-refractivity contribution in [3.8, 4) is 5.75 Å². The molecule has 0 saturated heterocycles. The second-order valence-corrected chi connectivity index (χ2v) is 16.6. The van der Waals surface area contributed by atoms with E-state index in [4.69, 9.17) is 40.7 Å². The predicted molar refractivity (Wildman–Crippen MR) is 203 cm³/mol. The predicted octanol–water partition coefficient (Wildman–Crippen LogP) is 5.63. The average Bonchev–Trinajstić information content (AvgIpc) is 3.53. The molecule has 0 spiro atoms. The first-order valence-corrected chi connectivity index (χ1v) is 19.5. The molecular formula is C36H57N4O11PS. The van der Waals surface area contributed by atoms with E-state index in [1.54, 1.807) is 24.3 Å². The van der Waals surface area contributed by atoms with Gasteiger partial charge in [0.1, 0.15) is 37.4 Å². The fourth-order valence-corrected chi connectivity index (χ4v) is 6.39. The van der Waals surface area contributed by atoms with Gasteiger partial charge in [0.05, 0.1) is 4.99 Å². The summed E-state index contributed by atoms with van der Waals surface area (Å²) < 4.78 is 43.5. The minimum Gasteiger partial charge on any atom is -0.486 e. The van der Waals surface area contributed by atoms with Crippen LogP contribution in [-0.4, -0.2) is 66.2 Å². The van der Waals surface area contributed by atoms with Crippen LogP contribution in [0.15, 0.2) is 44.2 Å². The molecule has 3 amide bonds. The Morgan fingerprint density at radius 3 is 2.21 bits per heavy atom. The normalized spacial score (nSPS) is 13.8. The minimum absolute atomic E-state index is 0.0155. The Hall–Kier alpha value is -3.56. The average molecular weight is 785 g/mol. The number of unbranched alkanes of at least 4 members (excludes halogenated alkanes) is 2. The zero-order valence-corrected chi connectivity index (χ0v) is 34.1. The van der Waals surface area contributed by atoms with Gasteiger partial charge in [-0.1, -0.05) is 78.2 Å². The molecule has 0 bridgehead atoms. The van der Waals surface area contributed by atoms with E-state index in [-0.39, 0.29) is 31.1 Å². The summed E-state index contributed by atoms with van der Waals surface area (Å²) in [5.41, 5.74) is 5.30. The van der Waals surface area contributed by atoms with Crippen LogP contribution in [0.4, 0.5) is 0 Å². The number of hydrogen-bond donors (Lipinski definition) is 3. The molecule has 0 fully saturated rings. The summed E-state index contributed by atoms with van der Waals surface area (Å²) >= 11 is 5.25. The third kappa shape index (κ3) is 14.7. The number of rotatable bonds is 24. The number of phosphoric ester groups is 1. The van der Waals surface area contributed by atoms with Gasteiger partial charge in [0.2, 0.25) is 17.7 Å². The third-order valence-corrected chi connectivity index (χ3v) is 10.7. The second-order valence-electron chi connectivity index (χ2n) is 14.3. The van der Waals surface area contributed by atoms with Crippen LogP contribution in [0.1, 0.15) is 98.3 Å². The van der Waals surface area contributed by atoms with Crippen LogP contribution in [0.3, 0.4) is 0 Å². The molecule has 4 N–H and O–H groups in total. The van der Waals surface area contributed by atoms with Gasteiger partial charge in [0.25, 0.3) is 0 Å². The lowest BCUT2D eigenvalue weighted by molar-refractivity contribution is -0.145. The van der Waals surface area contributed by atoms with Crippen LogP contribution in [0.2, 0.25) is 0 Å². The number of nitrogens with zero attached hydrogens (tertiary/aromatic N) is 1. The van der Waals surface area contributed by atoms with E-state index in [0.717, 1.165) is 33.3 Å². The lowest BCUT2D eigenvalue weighted by atomic mass is 9.79. The highest BCUT2D eigenvalue weighted by Gasteiger charge is 2.38. The van der Waals surface area contributed by atoms with Crippen LogP contribution >= 0.6 is 20.0 Å². The van der Waals surface area contributed by atoms with Gasteiger partial charge in [-0.05, 0) is 50.3 Å². The molecule has 17 heteroatoms. The number of carbonyl (C=O) groups excluding carboxylic acids is 3. The van der Waals surface area contributed by atoms with Gasteiger partial charge in [0, 0.05) is 38.0 Å². The molecule has 2 rings (SSSR count). The van der Waals surface area contributed by atoms with Crippen LogP contribution < -0.4 is 26.9 Å². The van der Waals surface area contributed by atoms with Crippen LogP contribution in [0.5, 0.6) is 5.75 Å². The molecule has 0 aliphatic heterocycles. The number of nitrogens with one attached hydrogen (secondary N) is 2. The summed E-state index contributed by atoms with van der Waals surface area (Å²) in [6, 6.07) is 4.52. The Morgan fingerprint density at radius 2 is 1.68 bits per heavy atom. The zero-order chi connectivity index (χ0) is 40.0. The highest BCUT2D eigenvalue weighted by atomic mass is 32.1. The molecule has 1 aromatic heterocycles. The van der Waals surface area contributed by atoms with E-state index < -0.39 is 61.1 Å². The van der Waals surface area contributed by atoms with Crippen molar-refractivity contribution in [2.75, 3.05) is 21.0 Å². The topological polar surface area (TPSA) is 202 Å². The van der Waals surface area contributed by atoms with Crippen molar-refractivity contribution in [2.24, 2.45) is 17.1 Å². The van der Waals surface area contributed by atoms with Gasteiger partial charge in [-0.2, -0.15) is 0 Å². The fraction of sp³-hybridized carbons (Fsp3) is 0.639. The van der Waals surface area contributed by atoms with E-state index in [9.17, 15) is 23.7 Å². The number of carbonyl (C=O) groups is 3.